The van der Waals surface area contributed by atoms with Gasteiger partial charge < -0.3 is 15.5 Å². The molecular weight excluding hydrogens is 536 g/mol. The summed E-state index contributed by atoms with van der Waals surface area (Å²) in [6.07, 6.45) is 6.14. The lowest BCUT2D eigenvalue weighted by Crippen LogP contribution is -2.41. The maximum atomic E-state index is 13.3. The van der Waals surface area contributed by atoms with Gasteiger partial charge in [0.05, 0.1) is 5.69 Å². The second-order valence-electron chi connectivity index (χ2n) is 9.60. The van der Waals surface area contributed by atoms with Crippen LogP contribution in [0.25, 0.3) is 10.8 Å². The van der Waals surface area contributed by atoms with Crippen molar-refractivity contribution in [1.82, 2.24) is 15.1 Å². The summed E-state index contributed by atoms with van der Waals surface area (Å²) in [5, 5.41) is 7.72. The van der Waals surface area contributed by atoms with Crippen LogP contribution in [0.5, 0.6) is 0 Å². The second kappa shape index (κ2) is 13.6. The van der Waals surface area contributed by atoms with E-state index in [0.29, 0.717) is 61.8 Å². The number of carbonyl (C=O) groups excluding carboxylic acids is 4. The van der Waals surface area contributed by atoms with E-state index >= 15 is 0 Å². The van der Waals surface area contributed by atoms with Gasteiger partial charge in [0.25, 0.3) is 11.8 Å². The Morgan fingerprint density at radius 2 is 1.68 bits per heavy atom. The van der Waals surface area contributed by atoms with E-state index in [2.05, 4.69) is 33.5 Å². The number of carbonyl (C=O) groups is 4. The van der Waals surface area contributed by atoms with Gasteiger partial charge in [0.1, 0.15) is 0 Å². The van der Waals surface area contributed by atoms with Gasteiger partial charge in [0.15, 0.2) is 0 Å². The number of hydrogen-bond acceptors (Lipinski definition) is 5. The topological polar surface area (TPSA) is 98.8 Å². The van der Waals surface area contributed by atoms with E-state index in [9.17, 15) is 19.2 Å². The number of rotatable bonds is 14. The minimum Gasteiger partial charge on any atom is -0.382 e. The summed E-state index contributed by atoms with van der Waals surface area (Å²) in [5.74, 6) is -0.478. The summed E-state index contributed by atoms with van der Waals surface area (Å²) < 4.78 is 0.734. The molecule has 0 atom stereocenters. The zero-order chi connectivity index (χ0) is 26.9. The smallest absolute Gasteiger partial charge is 0.261 e. The van der Waals surface area contributed by atoms with Gasteiger partial charge in [-0.05, 0) is 47.3 Å². The molecule has 4 amide bonds. The molecule has 1 heterocycles. The number of anilines is 1. The highest BCUT2D eigenvalue weighted by Crippen LogP contribution is 2.39. The minimum atomic E-state index is -0.253. The van der Waals surface area contributed by atoms with Crippen LogP contribution in [0.2, 0.25) is 0 Å². The highest BCUT2D eigenvalue weighted by atomic mass is 79.9. The normalized spacial score (nSPS) is 12.7. The lowest BCUT2D eigenvalue weighted by atomic mass is 9.92. The molecule has 9 heteroatoms. The fourth-order valence-electron chi connectivity index (χ4n) is 4.52. The van der Waals surface area contributed by atoms with Crippen molar-refractivity contribution >= 4 is 56.0 Å². The maximum Gasteiger partial charge on any atom is 0.261 e. The number of amides is 4. The number of halogens is 1. The lowest BCUT2D eigenvalue weighted by molar-refractivity contribution is -0.129. The summed E-state index contributed by atoms with van der Waals surface area (Å²) in [7, 11) is 3.45. The van der Waals surface area contributed by atoms with Crippen molar-refractivity contribution < 1.29 is 19.2 Å². The third-order valence-corrected chi connectivity index (χ3v) is 7.22. The van der Waals surface area contributed by atoms with Crippen molar-refractivity contribution in [3.05, 3.63) is 39.9 Å². The molecule has 0 fully saturated rings. The molecule has 0 aliphatic carbocycles. The first kappa shape index (κ1) is 28.6. The Morgan fingerprint density at radius 3 is 2.41 bits per heavy atom. The van der Waals surface area contributed by atoms with Crippen LogP contribution in [-0.4, -0.2) is 67.2 Å². The molecule has 2 N–H and O–H groups in total. The molecule has 1 aliphatic heterocycles. The Kier molecular flexibility index (Phi) is 10.5. The van der Waals surface area contributed by atoms with Crippen LogP contribution in [0.3, 0.4) is 0 Å². The Hall–Kier alpha value is -2.94. The fraction of sp³-hybridized carbons (Fsp3) is 0.500. The number of hydrogen-bond donors (Lipinski definition) is 2. The highest BCUT2D eigenvalue weighted by Gasteiger charge is 2.33. The predicted octanol–water partition coefficient (Wildman–Crippen LogP) is 4.96. The number of unbranched alkanes of at least 4 members (excludes halogenated alkanes) is 4. The molecule has 0 spiro atoms. The predicted molar refractivity (Wildman–Crippen MR) is 150 cm³/mol. The quantitative estimate of drug-likeness (QED) is 0.246. The molecule has 2 aromatic carbocycles. The summed E-state index contributed by atoms with van der Waals surface area (Å²) in [6, 6.07) is 7.31. The van der Waals surface area contributed by atoms with Gasteiger partial charge in [-0.3, -0.25) is 24.1 Å². The molecule has 0 saturated heterocycles. The summed E-state index contributed by atoms with van der Waals surface area (Å²) in [4.78, 5) is 53.1. The molecule has 0 radical (unpaired) electrons. The zero-order valence-corrected chi connectivity index (χ0v) is 23.6. The molecule has 0 aromatic heterocycles. The molecule has 3 rings (SSSR count). The number of nitrogens with zero attached hydrogens (tertiary/aromatic N) is 2. The van der Waals surface area contributed by atoms with E-state index in [-0.39, 0.29) is 23.6 Å². The number of imide groups is 1. The molecule has 2 aromatic rings. The van der Waals surface area contributed by atoms with E-state index < -0.39 is 0 Å². The number of nitrogens with one attached hydrogen (secondary N) is 2. The zero-order valence-electron chi connectivity index (χ0n) is 22.0. The van der Waals surface area contributed by atoms with Crippen molar-refractivity contribution in [2.45, 2.75) is 58.3 Å². The van der Waals surface area contributed by atoms with E-state index in [4.69, 9.17) is 0 Å². The molecule has 200 valence electrons. The molecule has 0 unspecified atom stereocenters. The third-order valence-electron chi connectivity index (χ3n) is 6.59. The monoisotopic (exact) mass is 572 g/mol. The first-order valence-electron chi connectivity index (χ1n) is 13.1. The summed E-state index contributed by atoms with van der Waals surface area (Å²) >= 11 is 3.60. The van der Waals surface area contributed by atoms with E-state index in [1.807, 2.05) is 12.1 Å². The largest absolute Gasteiger partial charge is 0.382 e. The van der Waals surface area contributed by atoms with E-state index in [1.165, 1.54) is 4.90 Å². The fourth-order valence-corrected chi connectivity index (χ4v) is 5.11. The van der Waals surface area contributed by atoms with Crippen molar-refractivity contribution in [3.63, 3.8) is 0 Å². The van der Waals surface area contributed by atoms with Crippen LogP contribution in [0.1, 0.15) is 79.0 Å². The average molecular weight is 574 g/mol. The SMILES string of the molecule is CCCCCCN1C(=O)c2cccc3c(NCCNC(=O)CCCCC(=O)N(C)C)c(Br)cc(c23)C1=O. The molecule has 0 bridgehead atoms. The van der Waals surface area contributed by atoms with Gasteiger partial charge in [0, 0.05) is 72.9 Å². The van der Waals surface area contributed by atoms with Crippen LogP contribution in [0.4, 0.5) is 5.69 Å². The summed E-state index contributed by atoms with van der Waals surface area (Å²) in [5.41, 5.74) is 1.85. The molecule has 8 nitrogen and oxygen atoms in total. The van der Waals surface area contributed by atoms with Crippen LogP contribution in [0, 0.1) is 0 Å². The van der Waals surface area contributed by atoms with Gasteiger partial charge in [-0.25, -0.2) is 0 Å². The van der Waals surface area contributed by atoms with Crippen molar-refractivity contribution in [2.75, 3.05) is 39.0 Å². The van der Waals surface area contributed by atoms with Crippen LogP contribution in [-0.2, 0) is 9.59 Å². The first-order chi connectivity index (χ1) is 17.8. The Balaban J connectivity index is 1.61. The molecule has 1 aliphatic rings. The Morgan fingerprint density at radius 1 is 0.946 bits per heavy atom. The Bertz CT molecular complexity index is 1160. The Labute approximate surface area is 227 Å². The average Bonchev–Trinajstić information content (AvgIpc) is 2.87. The van der Waals surface area contributed by atoms with E-state index in [0.717, 1.165) is 41.2 Å². The lowest BCUT2D eigenvalue weighted by Gasteiger charge is -2.28. The van der Waals surface area contributed by atoms with Gasteiger partial charge in [-0.15, -0.1) is 0 Å². The number of benzene rings is 2. The minimum absolute atomic E-state index is 0.0507. The summed E-state index contributed by atoms with van der Waals surface area (Å²) in [6.45, 7) is 3.46. The highest BCUT2D eigenvalue weighted by molar-refractivity contribution is 9.10. The van der Waals surface area contributed by atoms with E-state index in [1.54, 1.807) is 31.1 Å². The van der Waals surface area contributed by atoms with Crippen molar-refractivity contribution in [2.24, 2.45) is 0 Å². The van der Waals surface area contributed by atoms with Gasteiger partial charge in [-0.2, -0.15) is 0 Å². The van der Waals surface area contributed by atoms with Crippen LogP contribution in [0.15, 0.2) is 28.7 Å². The van der Waals surface area contributed by atoms with Gasteiger partial charge in [-0.1, -0.05) is 38.3 Å². The standard InChI is InChI=1S/C28H37BrN4O4/c1-4-5-6-9-17-33-27(36)20-12-10-11-19-25(20)21(28(33)37)18-22(29)26(19)31-16-15-30-23(34)13-7-8-14-24(35)32(2)3/h10-12,18,31H,4-9,13-17H2,1-3H3,(H,30,34). The van der Waals surface area contributed by atoms with Crippen LogP contribution < -0.4 is 10.6 Å². The van der Waals surface area contributed by atoms with Crippen LogP contribution >= 0.6 is 15.9 Å². The molecule has 0 saturated carbocycles. The molecular formula is C28H37BrN4O4. The second-order valence-corrected chi connectivity index (χ2v) is 10.5. The first-order valence-corrected chi connectivity index (χ1v) is 13.9. The van der Waals surface area contributed by atoms with Gasteiger partial charge in [0.2, 0.25) is 11.8 Å². The van der Waals surface area contributed by atoms with Crippen molar-refractivity contribution in [3.8, 4) is 0 Å². The van der Waals surface area contributed by atoms with Gasteiger partial charge >= 0.3 is 0 Å². The van der Waals surface area contributed by atoms with Crippen molar-refractivity contribution in [1.29, 1.82) is 0 Å². The molecule has 37 heavy (non-hydrogen) atoms. The third kappa shape index (κ3) is 7.09. The maximum absolute atomic E-state index is 13.3.